The lowest BCUT2D eigenvalue weighted by Gasteiger charge is -2.11. The Kier molecular flexibility index (Phi) is 3.76. The number of hydrogen-bond acceptors (Lipinski definition) is 3. The van der Waals surface area contributed by atoms with Gasteiger partial charge in [0.15, 0.2) is 0 Å². The van der Waals surface area contributed by atoms with Crippen molar-refractivity contribution in [1.82, 2.24) is 9.97 Å². The predicted molar refractivity (Wildman–Crippen MR) is 69.8 cm³/mol. The highest BCUT2D eigenvalue weighted by molar-refractivity contribution is 5.66. The van der Waals surface area contributed by atoms with Crippen LogP contribution in [0, 0.1) is 6.92 Å². The molecule has 1 atom stereocenters. The molecule has 3 nitrogen and oxygen atoms in total. The molecule has 0 unspecified atom stereocenters. The van der Waals surface area contributed by atoms with Gasteiger partial charge in [0.05, 0.1) is 5.69 Å². The molecule has 2 rings (SSSR count). The van der Waals surface area contributed by atoms with Crippen LogP contribution < -0.4 is 5.73 Å². The third-order valence-corrected chi connectivity index (χ3v) is 2.96. The molecular formula is C14H14F3N3. The van der Waals surface area contributed by atoms with Gasteiger partial charge in [0.2, 0.25) is 0 Å². The Morgan fingerprint density at radius 2 is 1.90 bits per heavy atom. The molecule has 2 aromatic heterocycles. The molecule has 0 saturated heterocycles. The molecule has 0 spiro atoms. The molecular weight excluding hydrogens is 267 g/mol. The van der Waals surface area contributed by atoms with E-state index in [0.717, 1.165) is 17.8 Å². The van der Waals surface area contributed by atoms with Crippen molar-refractivity contribution in [3.63, 3.8) is 0 Å². The molecule has 0 radical (unpaired) electrons. The lowest BCUT2D eigenvalue weighted by Crippen LogP contribution is -2.09. The van der Waals surface area contributed by atoms with Gasteiger partial charge >= 0.3 is 6.18 Å². The molecule has 0 aromatic carbocycles. The minimum Gasteiger partial charge on any atom is -0.323 e. The lowest BCUT2D eigenvalue weighted by atomic mass is 10.0. The topological polar surface area (TPSA) is 51.8 Å². The summed E-state index contributed by atoms with van der Waals surface area (Å²) in [5, 5.41) is 0. The molecule has 2 heterocycles. The van der Waals surface area contributed by atoms with Crippen LogP contribution in [-0.4, -0.2) is 9.97 Å². The number of nitrogens with two attached hydrogens (primary N) is 1. The number of alkyl halides is 3. The van der Waals surface area contributed by atoms with E-state index in [0.29, 0.717) is 16.8 Å². The maximum atomic E-state index is 12.7. The summed E-state index contributed by atoms with van der Waals surface area (Å²) in [4.78, 5) is 7.53. The first-order valence-electron chi connectivity index (χ1n) is 6.05. The quantitative estimate of drug-likeness (QED) is 0.916. The first kappa shape index (κ1) is 14.5. The van der Waals surface area contributed by atoms with Crippen molar-refractivity contribution < 1.29 is 13.2 Å². The van der Waals surface area contributed by atoms with Crippen molar-refractivity contribution in [2.24, 2.45) is 5.73 Å². The van der Waals surface area contributed by atoms with Crippen LogP contribution >= 0.6 is 0 Å². The average molecular weight is 281 g/mol. The summed E-state index contributed by atoms with van der Waals surface area (Å²) in [6.07, 6.45) is -1.76. The Bertz CT molecular complexity index is 621. The highest BCUT2D eigenvalue weighted by Crippen LogP contribution is 2.31. The van der Waals surface area contributed by atoms with Gasteiger partial charge in [0.25, 0.3) is 0 Å². The number of hydrogen-bond donors (Lipinski definition) is 1. The predicted octanol–water partition coefficient (Wildman–Crippen LogP) is 3.49. The fraction of sp³-hybridized carbons (Fsp3) is 0.286. The molecule has 0 aliphatic rings. The maximum absolute atomic E-state index is 12.7. The molecule has 2 N–H and O–H groups in total. The second kappa shape index (κ2) is 5.20. The van der Waals surface area contributed by atoms with Crippen LogP contribution in [-0.2, 0) is 6.18 Å². The smallest absolute Gasteiger partial charge is 0.323 e. The van der Waals surface area contributed by atoms with Crippen molar-refractivity contribution >= 4 is 0 Å². The molecule has 6 heteroatoms. The molecule has 0 aliphatic heterocycles. The third-order valence-electron chi connectivity index (χ3n) is 2.96. The van der Waals surface area contributed by atoms with Crippen LogP contribution in [0.25, 0.3) is 11.1 Å². The van der Waals surface area contributed by atoms with E-state index in [9.17, 15) is 13.2 Å². The summed E-state index contributed by atoms with van der Waals surface area (Å²) in [6, 6.07) is 4.12. The monoisotopic (exact) mass is 281 g/mol. The number of halogens is 3. The Hall–Kier alpha value is -1.95. The summed E-state index contributed by atoms with van der Waals surface area (Å²) in [5.74, 6) is 0. The van der Waals surface area contributed by atoms with Gasteiger partial charge in [-0.05, 0) is 43.2 Å². The number of nitrogens with zero attached hydrogens (tertiary/aromatic N) is 2. The summed E-state index contributed by atoms with van der Waals surface area (Å²) in [7, 11) is 0. The second-order valence-electron chi connectivity index (χ2n) is 4.64. The van der Waals surface area contributed by atoms with Gasteiger partial charge in [-0.2, -0.15) is 13.2 Å². The highest BCUT2D eigenvalue weighted by atomic mass is 19.4. The van der Waals surface area contributed by atoms with Crippen LogP contribution in [0.2, 0.25) is 0 Å². The van der Waals surface area contributed by atoms with E-state index in [1.165, 1.54) is 6.07 Å². The van der Waals surface area contributed by atoms with Gasteiger partial charge < -0.3 is 5.73 Å². The lowest BCUT2D eigenvalue weighted by molar-refractivity contribution is -0.141. The van der Waals surface area contributed by atoms with Crippen molar-refractivity contribution in [2.45, 2.75) is 26.1 Å². The van der Waals surface area contributed by atoms with Crippen LogP contribution in [0.15, 0.2) is 30.6 Å². The molecule has 106 valence electrons. The summed E-state index contributed by atoms with van der Waals surface area (Å²) >= 11 is 0. The first-order chi connectivity index (χ1) is 9.29. The minimum absolute atomic E-state index is 0.217. The summed E-state index contributed by atoms with van der Waals surface area (Å²) < 4.78 is 38.0. The van der Waals surface area contributed by atoms with Crippen molar-refractivity contribution in [1.29, 1.82) is 0 Å². The van der Waals surface area contributed by atoms with E-state index in [-0.39, 0.29) is 6.04 Å². The van der Waals surface area contributed by atoms with E-state index < -0.39 is 11.9 Å². The van der Waals surface area contributed by atoms with Gasteiger partial charge in [0.1, 0.15) is 5.69 Å². The van der Waals surface area contributed by atoms with Gasteiger partial charge in [-0.25, -0.2) is 0 Å². The van der Waals surface area contributed by atoms with Crippen molar-refractivity contribution in [3.05, 3.63) is 47.5 Å². The van der Waals surface area contributed by atoms with Crippen LogP contribution in [0.1, 0.15) is 29.9 Å². The normalized spacial score (nSPS) is 13.3. The van der Waals surface area contributed by atoms with E-state index in [1.54, 1.807) is 19.2 Å². The van der Waals surface area contributed by atoms with E-state index in [2.05, 4.69) is 9.97 Å². The van der Waals surface area contributed by atoms with Gasteiger partial charge in [-0.3, -0.25) is 9.97 Å². The van der Waals surface area contributed by atoms with Gasteiger partial charge in [-0.1, -0.05) is 0 Å². The minimum atomic E-state index is -4.46. The average Bonchev–Trinajstić information content (AvgIpc) is 2.37. The summed E-state index contributed by atoms with van der Waals surface area (Å²) in [5.41, 5.74) is 7.43. The van der Waals surface area contributed by atoms with Gasteiger partial charge in [-0.15, -0.1) is 0 Å². The van der Waals surface area contributed by atoms with E-state index >= 15 is 0 Å². The first-order valence-corrected chi connectivity index (χ1v) is 6.05. The standard InChI is InChI=1S/C14H14F3N3/c1-8-5-12(9(2)18)20-7-11(8)10-3-4-19-13(6-10)14(15,16)17/h3-7,9H,18H2,1-2H3/t9-/m1/s1. The highest BCUT2D eigenvalue weighted by Gasteiger charge is 2.32. The molecule has 0 fully saturated rings. The fourth-order valence-corrected chi connectivity index (χ4v) is 1.88. The molecule has 2 aromatic rings. The van der Waals surface area contributed by atoms with Gasteiger partial charge in [0, 0.05) is 24.0 Å². The number of aromatic nitrogens is 2. The molecule has 0 aliphatic carbocycles. The second-order valence-corrected chi connectivity index (χ2v) is 4.64. The summed E-state index contributed by atoms with van der Waals surface area (Å²) in [6.45, 7) is 3.62. The molecule has 0 amide bonds. The van der Waals surface area contributed by atoms with E-state index in [4.69, 9.17) is 5.73 Å². The zero-order valence-corrected chi connectivity index (χ0v) is 11.1. The maximum Gasteiger partial charge on any atom is 0.433 e. The zero-order chi connectivity index (χ0) is 14.9. The van der Waals surface area contributed by atoms with Crippen LogP contribution in [0.5, 0.6) is 0 Å². The third kappa shape index (κ3) is 2.96. The fourth-order valence-electron chi connectivity index (χ4n) is 1.88. The number of pyridine rings is 2. The Labute approximate surface area is 114 Å². The Balaban J connectivity index is 2.47. The van der Waals surface area contributed by atoms with E-state index in [1.807, 2.05) is 6.92 Å². The molecule has 0 bridgehead atoms. The largest absolute Gasteiger partial charge is 0.433 e. The SMILES string of the molecule is Cc1cc([C@@H](C)N)ncc1-c1ccnc(C(F)(F)F)c1. The Morgan fingerprint density at radius 3 is 2.45 bits per heavy atom. The van der Waals surface area contributed by atoms with Crippen LogP contribution in [0.3, 0.4) is 0 Å². The molecule has 20 heavy (non-hydrogen) atoms. The van der Waals surface area contributed by atoms with Crippen molar-refractivity contribution in [3.8, 4) is 11.1 Å². The Morgan fingerprint density at radius 1 is 1.20 bits per heavy atom. The van der Waals surface area contributed by atoms with Crippen molar-refractivity contribution in [2.75, 3.05) is 0 Å². The number of rotatable bonds is 2. The number of aryl methyl sites for hydroxylation is 1. The molecule has 0 saturated carbocycles. The van der Waals surface area contributed by atoms with Crippen LogP contribution in [0.4, 0.5) is 13.2 Å². The zero-order valence-electron chi connectivity index (χ0n) is 11.1.